The smallest absolute Gasteiger partial charge is 0.355 e. The van der Waals surface area contributed by atoms with Crippen LogP contribution in [0.25, 0.3) is 10.2 Å². The Morgan fingerprint density at radius 3 is 2.66 bits per heavy atom. The fraction of sp³-hybridized carbons (Fsp3) is 0.650. The normalized spacial score (nSPS) is 22.3. The highest BCUT2D eigenvalue weighted by Gasteiger charge is 2.42. The molecule has 2 fully saturated rings. The van der Waals surface area contributed by atoms with Crippen LogP contribution in [0.5, 0.6) is 0 Å². The van der Waals surface area contributed by atoms with Gasteiger partial charge in [0.1, 0.15) is 12.1 Å². The molecule has 2 aliphatic rings. The molecule has 2 aromatic heterocycles. The molecule has 0 bridgehead atoms. The van der Waals surface area contributed by atoms with E-state index in [0.29, 0.717) is 17.2 Å². The van der Waals surface area contributed by atoms with Gasteiger partial charge in [-0.2, -0.15) is 13.2 Å². The van der Waals surface area contributed by atoms with Gasteiger partial charge in [-0.1, -0.05) is 0 Å². The number of aromatic nitrogens is 2. The topological polar surface area (TPSA) is 49.3 Å². The number of halogens is 3. The molecular weight excluding hydrogens is 401 g/mol. The highest BCUT2D eigenvalue weighted by Crippen LogP contribution is 2.35. The highest BCUT2D eigenvalue weighted by atomic mass is 32.1. The molecule has 4 rings (SSSR count). The lowest BCUT2D eigenvalue weighted by atomic mass is 9.92. The summed E-state index contributed by atoms with van der Waals surface area (Å²) in [6.07, 6.45) is 0.197. The molecule has 4 heterocycles. The number of Topliss-reactive ketones (excluding diaryl/α,β-unsaturated/α-hetero) is 1. The van der Waals surface area contributed by atoms with E-state index in [1.165, 1.54) is 17.7 Å². The van der Waals surface area contributed by atoms with Gasteiger partial charge in [0, 0.05) is 26.2 Å². The fourth-order valence-corrected chi connectivity index (χ4v) is 5.45. The van der Waals surface area contributed by atoms with E-state index in [4.69, 9.17) is 0 Å². The van der Waals surface area contributed by atoms with Crippen molar-refractivity contribution in [3.05, 3.63) is 17.3 Å². The van der Waals surface area contributed by atoms with E-state index in [9.17, 15) is 18.0 Å². The van der Waals surface area contributed by atoms with Crippen molar-refractivity contribution in [2.24, 2.45) is 11.8 Å². The minimum absolute atomic E-state index is 0.0244. The summed E-state index contributed by atoms with van der Waals surface area (Å²) in [6, 6.07) is 1.81. The summed E-state index contributed by atoms with van der Waals surface area (Å²) in [4.78, 5) is 25.3. The fourth-order valence-electron chi connectivity index (χ4n) is 4.42. The molecule has 1 atom stereocenters. The number of hydrogen-bond acceptors (Lipinski definition) is 6. The van der Waals surface area contributed by atoms with Crippen LogP contribution in [-0.2, 0) is 0 Å². The minimum atomic E-state index is -4.08. The van der Waals surface area contributed by atoms with Crippen LogP contribution in [0.15, 0.2) is 12.4 Å². The van der Waals surface area contributed by atoms with Crippen molar-refractivity contribution in [3.63, 3.8) is 0 Å². The van der Waals surface area contributed by atoms with Gasteiger partial charge >= 0.3 is 6.18 Å². The molecule has 2 saturated heterocycles. The monoisotopic (exact) mass is 426 g/mol. The number of piperidine rings is 2. The van der Waals surface area contributed by atoms with Gasteiger partial charge in [0.25, 0.3) is 0 Å². The number of rotatable bonds is 4. The Morgan fingerprint density at radius 1 is 1.21 bits per heavy atom. The molecule has 0 radical (unpaired) electrons. The van der Waals surface area contributed by atoms with E-state index in [1.807, 2.05) is 11.0 Å². The van der Waals surface area contributed by atoms with E-state index in [-0.39, 0.29) is 18.7 Å². The van der Waals surface area contributed by atoms with Crippen LogP contribution < -0.4 is 4.90 Å². The Morgan fingerprint density at radius 2 is 1.97 bits per heavy atom. The zero-order valence-corrected chi connectivity index (χ0v) is 17.2. The second-order valence-corrected chi connectivity index (χ2v) is 9.20. The summed E-state index contributed by atoms with van der Waals surface area (Å²) in [5.74, 6) is 0.115. The Kier molecular flexibility index (Phi) is 5.79. The van der Waals surface area contributed by atoms with Crippen LogP contribution in [-0.4, -0.2) is 59.6 Å². The standard InChI is InChI=1S/C20H25F3N4OS/c1-13(28)17-9-16-18(29-17)19(25-12-24-16)27-7-4-14(5-8-27)10-26-6-2-3-15(11-26)20(21,22)23/h9,12,14-15H,2-8,10-11H2,1H3. The third-order valence-electron chi connectivity index (χ3n) is 6.04. The first-order chi connectivity index (χ1) is 13.8. The number of hydrogen-bond donors (Lipinski definition) is 0. The Labute approximate surface area is 171 Å². The third kappa shape index (κ3) is 4.55. The summed E-state index contributed by atoms with van der Waals surface area (Å²) in [5, 5.41) is 0. The molecule has 0 aliphatic carbocycles. The van der Waals surface area contributed by atoms with E-state index in [1.54, 1.807) is 6.92 Å². The van der Waals surface area contributed by atoms with Gasteiger partial charge in [-0.15, -0.1) is 11.3 Å². The third-order valence-corrected chi connectivity index (χ3v) is 7.26. The van der Waals surface area contributed by atoms with Crippen LogP contribution in [0, 0.1) is 11.8 Å². The number of ketones is 1. The molecule has 29 heavy (non-hydrogen) atoms. The minimum Gasteiger partial charge on any atom is -0.355 e. The van der Waals surface area contributed by atoms with Crippen LogP contribution in [0.3, 0.4) is 0 Å². The van der Waals surface area contributed by atoms with Crippen molar-refractivity contribution >= 4 is 33.2 Å². The SMILES string of the molecule is CC(=O)c1cc2ncnc(N3CCC(CN4CCCC(C(F)(F)F)C4)CC3)c2s1. The van der Waals surface area contributed by atoms with Crippen LogP contribution >= 0.6 is 11.3 Å². The molecule has 0 spiro atoms. The molecular formula is C20H25F3N4OS. The molecule has 5 nitrogen and oxygen atoms in total. The quantitative estimate of drug-likeness (QED) is 0.679. The maximum absolute atomic E-state index is 13.0. The second-order valence-electron chi connectivity index (χ2n) is 8.15. The summed E-state index contributed by atoms with van der Waals surface area (Å²) in [5.41, 5.74) is 0.791. The average Bonchev–Trinajstić information content (AvgIpc) is 3.13. The first kappa shape index (κ1) is 20.5. The first-order valence-electron chi connectivity index (χ1n) is 10.1. The predicted molar refractivity (Wildman–Crippen MR) is 108 cm³/mol. The molecule has 2 aromatic rings. The zero-order valence-electron chi connectivity index (χ0n) is 16.4. The van der Waals surface area contributed by atoms with Crippen LogP contribution in [0.4, 0.5) is 19.0 Å². The van der Waals surface area contributed by atoms with Crippen molar-refractivity contribution in [2.45, 2.75) is 38.8 Å². The lowest BCUT2D eigenvalue weighted by Gasteiger charge is -2.38. The molecule has 0 N–H and O–H groups in total. The second kappa shape index (κ2) is 8.18. The number of fused-ring (bicyclic) bond motifs is 1. The molecule has 0 aromatic carbocycles. The lowest BCUT2D eigenvalue weighted by Crippen LogP contribution is -2.45. The largest absolute Gasteiger partial charge is 0.393 e. The summed E-state index contributed by atoms with van der Waals surface area (Å²) >= 11 is 1.43. The Balaban J connectivity index is 1.37. The molecule has 1 unspecified atom stereocenters. The van der Waals surface area contributed by atoms with Gasteiger partial charge in [-0.3, -0.25) is 4.79 Å². The average molecular weight is 427 g/mol. The van der Waals surface area contributed by atoms with E-state index >= 15 is 0 Å². The molecule has 0 saturated carbocycles. The zero-order chi connectivity index (χ0) is 20.6. The summed E-state index contributed by atoms with van der Waals surface area (Å²) in [7, 11) is 0. The molecule has 9 heteroatoms. The van der Waals surface area contributed by atoms with Gasteiger partial charge in [0.15, 0.2) is 5.78 Å². The van der Waals surface area contributed by atoms with Crippen molar-refractivity contribution in [1.29, 1.82) is 0 Å². The van der Waals surface area contributed by atoms with Crippen LogP contribution in [0.2, 0.25) is 0 Å². The summed E-state index contributed by atoms with van der Waals surface area (Å²) < 4.78 is 40.1. The summed E-state index contributed by atoms with van der Waals surface area (Å²) in [6.45, 7) is 4.84. The van der Waals surface area contributed by atoms with Gasteiger partial charge in [-0.05, 0) is 51.1 Å². The number of likely N-dealkylation sites (tertiary alicyclic amines) is 1. The van der Waals surface area contributed by atoms with E-state index in [2.05, 4.69) is 14.9 Å². The van der Waals surface area contributed by atoms with Crippen molar-refractivity contribution < 1.29 is 18.0 Å². The Hall–Kier alpha value is -1.74. The maximum atomic E-state index is 13.0. The van der Waals surface area contributed by atoms with Gasteiger partial charge in [-0.25, -0.2) is 9.97 Å². The number of anilines is 1. The number of carbonyl (C=O) groups is 1. The molecule has 158 valence electrons. The molecule has 0 amide bonds. The number of nitrogens with zero attached hydrogens (tertiary/aromatic N) is 4. The van der Waals surface area contributed by atoms with E-state index < -0.39 is 12.1 Å². The van der Waals surface area contributed by atoms with Crippen molar-refractivity contribution in [1.82, 2.24) is 14.9 Å². The number of alkyl halides is 3. The molecule has 2 aliphatic heterocycles. The van der Waals surface area contributed by atoms with Gasteiger partial charge in [0.2, 0.25) is 0 Å². The maximum Gasteiger partial charge on any atom is 0.393 e. The van der Waals surface area contributed by atoms with Crippen molar-refractivity contribution in [3.8, 4) is 0 Å². The van der Waals surface area contributed by atoms with Gasteiger partial charge < -0.3 is 9.80 Å². The highest BCUT2D eigenvalue weighted by molar-refractivity contribution is 7.21. The number of thiophene rings is 1. The van der Waals surface area contributed by atoms with Crippen molar-refractivity contribution in [2.75, 3.05) is 37.6 Å². The van der Waals surface area contributed by atoms with Crippen LogP contribution in [0.1, 0.15) is 42.3 Å². The van der Waals surface area contributed by atoms with E-state index in [0.717, 1.165) is 55.1 Å². The number of carbonyl (C=O) groups excluding carboxylic acids is 1. The predicted octanol–water partition coefficient (Wildman–Crippen LogP) is 4.38. The first-order valence-corrected chi connectivity index (χ1v) is 10.9. The van der Waals surface area contributed by atoms with Gasteiger partial charge in [0.05, 0.1) is 21.0 Å². The Bertz CT molecular complexity index is 876. The lowest BCUT2D eigenvalue weighted by molar-refractivity contribution is -0.187.